The van der Waals surface area contributed by atoms with Crippen LogP contribution in [-0.4, -0.2) is 26.5 Å². The Labute approximate surface area is 117 Å². The molecule has 7 nitrogen and oxygen atoms in total. The van der Waals surface area contributed by atoms with Gasteiger partial charge in [0.15, 0.2) is 5.82 Å². The molecule has 0 spiro atoms. The van der Waals surface area contributed by atoms with E-state index in [0.717, 1.165) is 17.8 Å². The predicted octanol–water partition coefficient (Wildman–Crippen LogP) is 1.56. The summed E-state index contributed by atoms with van der Waals surface area (Å²) in [6.45, 7) is 4.97. The molecular formula is C13H18N6O. The monoisotopic (exact) mass is 274 g/mol. The lowest BCUT2D eigenvalue weighted by molar-refractivity contribution is 0.306. The Bertz CT molecular complexity index is 557. The number of nitrogen functional groups attached to an aromatic ring is 1. The molecule has 0 unspecified atom stereocenters. The summed E-state index contributed by atoms with van der Waals surface area (Å²) in [5.41, 5.74) is 8.06. The number of anilines is 2. The zero-order valence-corrected chi connectivity index (χ0v) is 11.6. The fourth-order valence-electron chi connectivity index (χ4n) is 1.52. The molecule has 0 atom stereocenters. The Morgan fingerprint density at radius 3 is 2.75 bits per heavy atom. The van der Waals surface area contributed by atoms with Crippen LogP contribution in [0.5, 0.6) is 5.88 Å². The van der Waals surface area contributed by atoms with Crippen LogP contribution in [0.3, 0.4) is 0 Å². The van der Waals surface area contributed by atoms with E-state index in [2.05, 4.69) is 25.3 Å². The molecule has 0 saturated heterocycles. The van der Waals surface area contributed by atoms with Crippen molar-refractivity contribution in [2.75, 3.05) is 17.7 Å². The molecule has 7 heteroatoms. The van der Waals surface area contributed by atoms with Crippen molar-refractivity contribution < 1.29 is 4.74 Å². The quantitative estimate of drug-likeness (QED) is 0.824. The molecule has 2 aromatic heterocycles. The molecular weight excluding hydrogens is 256 g/mol. The van der Waals surface area contributed by atoms with Crippen molar-refractivity contribution in [1.29, 1.82) is 0 Å². The summed E-state index contributed by atoms with van der Waals surface area (Å²) >= 11 is 0. The number of nitrogens with two attached hydrogens (primary N) is 1. The van der Waals surface area contributed by atoms with Gasteiger partial charge in [0.25, 0.3) is 0 Å². The minimum atomic E-state index is 0.402. The second-order valence-electron chi connectivity index (χ2n) is 4.29. The first-order chi connectivity index (χ1) is 9.70. The SMILES string of the molecule is CCCOc1ncnc(NCc2cnc(C)cn2)c1N. The molecule has 0 saturated carbocycles. The first-order valence-corrected chi connectivity index (χ1v) is 6.45. The second kappa shape index (κ2) is 6.65. The number of hydrogen-bond acceptors (Lipinski definition) is 7. The zero-order chi connectivity index (χ0) is 14.4. The van der Waals surface area contributed by atoms with Crippen LogP contribution >= 0.6 is 0 Å². The molecule has 106 valence electrons. The molecule has 2 aromatic rings. The average molecular weight is 274 g/mol. The molecule has 0 aliphatic carbocycles. The fourth-order valence-corrected chi connectivity index (χ4v) is 1.52. The van der Waals surface area contributed by atoms with Crippen molar-refractivity contribution in [3.8, 4) is 5.88 Å². The smallest absolute Gasteiger partial charge is 0.242 e. The van der Waals surface area contributed by atoms with E-state index in [1.165, 1.54) is 6.33 Å². The first-order valence-electron chi connectivity index (χ1n) is 6.45. The van der Waals surface area contributed by atoms with Crippen LogP contribution in [0.15, 0.2) is 18.7 Å². The summed E-state index contributed by atoms with van der Waals surface area (Å²) in [6, 6.07) is 0. The average Bonchev–Trinajstić information content (AvgIpc) is 2.47. The van der Waals surface area contributed by atoms with Crippen LogP contribution in [0.2, 0.25) is 0 Å². The molecule has 20 heavy (non-hydrogen) atoms. The van der Waals surface area contributed by atoms with Gasteiger partial charge in [-0.3, -0.25) is 9.97 Å². The lowest BCUT2D eigenvalue weighted by Gasteiger charge is -2.11. The lowest BCUT2D eigenvalue weighted by atomic mass is 10.4. The molecule has 0 fully saturated rings. The molecule has 2 rings (SSSR count). The highest BCUT2D eigenvalue weighted by atomic mass is 16.5. The van der Waals surface area contributed by atoms with Gasteiger partial charge in [0.05, 0.1) is 30.7 Å². The van der Waals surface area contributed by atoms with Crippen LogP contribution in [0, 0.1) is 6.92 Å². The normalized spacial score (nSPS) is 10.3. The highest BCUT2D eigenvalue weighted by Gasteiger charge is 2.09. The standard InChI is InChI=1S/C13H18N6O/c1-3-4-20-13-11(14)12(18-8-19-13)17-7-10-6-15-9(2)5-16-10/h5-6,8H,3-4,7,14H2,1-2H3,(H,17,18,19). The number of aromatic nitrogens is 4. The number of nitrogens with one attached hydrogen (secondary N) is 1. The van der Waals surface area contributed by atoms with E-state index in [9.17, 15) is 0 Å². The highest BCUT2D eigenvalue weighted by molar-refractivity contribution is 5.66. The third-order valence-corrected chi connectivity index (χ3v) is 2.56. The van der Waals surface area contributed by atoms with E-state index >= 15 is 0 Å². The zero-order valence-electron chi connectivity index (χ0n) is 11.6. The van der Waals surface area contributed by atoms with Gasteiger partial charge in [-0.1, -0.05) is 6.92 Å². The van der Waals surface area contributed by atoms with Crippen LogP contribution in [-0.2, 0) is 6.54 Å². The Morgan fingerprint density at radius 2 is 2.05 bits per heavy atom. The van der Waals surface area contributed by atoms with E-state index in [1.807, 2.05) is 13.8 Å². The summed E-state index contributed by atoms with van der Waals surface area (Å²) in [4.78, 5) is 16.6. The van der Waals surface area contributed by atoms with Gasteiger partial charge in [0.1, 0.15) is 12.0 Å². The minimum absolute atomic E-state index is 0.402. The van der Waals surface area contributed by atoms with Gasteiger partial charge in [0, 0.05) is 6.20 Å². The van der Waals surface area contributed by atoms with E-state index in [4.69, 9.17) is 10.5 Å². The van der Waals surface area contributed by atoms with Crippen LogP contribution in [0.25, 0.3) is 0 Å². The number of nitrogens with zero attached hydrogens (tertiary/aromatic N) is 4. The van der Waals surface area contributed by atoms with Gasteiger partial charge in [-0.05, 0) is 13.3 Å². The van der Waals surface area contributed by atoms with Crippen molar-refractivity contribution in [3.63, 3.8) is 0 Å². The molecule has 0 aromatic carbocycles. The predicted molar refractivity (Wildman–Crippen MR) is 76.3 cm³/mol. The van der Waals surface area contributed by atoms with Gasteiger partial charge >= 0.3 is 0 Å². The van der Waals surface area contributed by atoms with Crippen LogP contribution < -0.4 is 15.8 Å². The fraction of sp³-hybridized carbons (Fsp3) is 0.385. The van der Waals surface area contributed by atoms with Crippen molar-refractivity contribution in [2.24, 2.45) is 0 Å². The second-order valence-corrected chi connectivity index (χ2v) is 4.29. The Balaban J connectivity index is 2.03. The van der Waals surface area contributed by atoms with Crippen molar-refractivity contribution >= 4 is 11.5 Å². The number of hydrogen-bond donors (Lipinski definition) is 2. The molecule has 0 radical (unpaired) electrons. The summed E-state index contributed by atoms with van der Waals surface area (Å²) in [5.74, 6) is 0.938. The Morgan fingerprint density at radius 1 is 1.20 bits per heavy atom. The minimum Gasteiger partial charge on any atom is -0.476 e. The molecule has 2 heterocycles. The summed E-state index contributed by atoms with van der Waals surface area (Å²) in [5, 5.41) is 3.11. The Kier molecular flexibility index (Phi) is 4.65. The Hall–Kier alpha value is -2.44. The van der Waals surface area contributed by atoms with Gasteiger partial charge < -0.3 is 15.8 Å². The number of aryl methyl sites for hydroxylation is 1. The first kappa shape index (κ1) is 14.0. The van der Waals surface area contributed by atoms with Gasteiger partial charge in [-0.25, -0.2) is 4.98 Å². The number of ether oxygens (including phenoxy) is 1. The lowest BCUT2D eigenvalue weighted by Crippen LogP contribution is -2.09. The van der Waals surface area contributed by atoms with Gasteiger partial charge in [-0.2, -0.15) is 4.98 Å². The van der Waals surface area contributed by atoms with Crippen LogP contribution in [0.4, 0.5) is 11.5 Å². The third kappa shape index (κ3) is 3.53. The van der Waals surface area contributed by atoms with E-state index in [1.54, 1.807) is 12.4 Å². The van der Waals surface area contributed by atoms with Crippen molar-refractivity contribution in [2.45, 2.75) is 26.8 Å². The molecule has 0 aliphatic rings. The maximum Gasteiger partial charge on any atom is 0.242 e. The molecule has 3 N–H and O–H groups in total. The summed E-state index contributed by atoms with van der Waals surface area (Å²) in [6.07, 6.45) is 5.75. The van der Waals surface area contributed by atoms with E-state index in [-0.39, 0.29) is 0 Å². The van der Waals surface area contributed by atoms with Gasteiger partial charge in [-0.15, -0.1) is 0 Å². The maximum absolute atomic E-state index is 5.96. The van der Waals surface area contributed by atoms with Crippen LogP contribution in [0.1, 0.15) is 24.7 Å². The summed E-state index contributed by atoms with van der Waals surface area (Å²) in [7, 11) is 0. The van der Waals surface area contributed by atoms with E-state index < -0.39 is 0 Å². The molecule has 0 amide bonds. The van der Waals surface area contributed by atoms with E-state index in [0.29, 0.717) is 30.5 Å². The molecule has 0 bridgehead atoms. The largest absolute Gasteiger partial charge is 0.476 e. The summed E-state index contributed by atoms with van der Waals surface area (Å²) < 4.78 is 5.45. The van der Waals surface area contributed by atoms with Gasteiger partial charge in [0.2, 0.25) is 5.88 Å². The van der Waals surface area contributed by atoms with Crippen molar-refractivity contribution in [3.05, 3.63) is 30.1 Å². The molecule has 0 aliphatic heterocycles. The van der Waals surface area contributed by atoms with Crippen molar-refractivity contribution in [1.82, 2.24) is 19.9 Å². The topological polar surface area (TPSA) is 98.8 Å². The third-order valence-electron chi connectivity index (χ3n) is 2.56. The maximum atomic E-state index is 5.96. The highest BCUT2D eigenvalue weighted by Crippen LogP contribution is 2.24. The number of rotatable bonds is 6.